The molecule has 1 N–H and O–H groups in total. The number of carbonyl (C=O) groups excluding carboxylic acids is 2. The normalized spacial score (nSPS) is 19.7. The molecule has 35 heavy (non-hydrogen) atoms. The van der Waals surface area contributed by atoms with Gasteiger partial charge in [0.15, 0.2) is 5.83 Å². The highest BCUT2D eigenvalue weighted by Gasteiger charge is 2.33. The molecule has 0 bridgehead atoms. The Bertz CT molecular complexity index is 1100. The van der Waals surface area contributed by atoms with Crippen LogP contribution in [0.25, 0.3) is 6.08 Å². The van der Waals surface area contributed by atoms with Gasteiger partial charge in [-0.2, -0.15) is 0 Å². The molecule has 4 rings (SSSR count). The van der Waals surface area contributed by atoms with Crippen LogP contribution < -0.4 is 5.32 Å². The number of halogens is 2. The molecule has 0 aromatic heterocycles. The Hall–Kier alpha value is -3.06. The van der Waals surface area contributed by atoms with Gasteiger partial charge in [0.25, 0.3) is 5.91 Å². The first kappa shape index (κ1) is 25.0. The molecular formula is C28H33F2N3O2. The van der Waals surface area contributed by atoms with E-state index in [1.54, 1.807) is 31.2 Å². The lowest BCUT2D eigenvalue weighted by Crippen LogP contribution is -2.54. The second kappa shape index (κ2) is 11.1. The third kappa shape index (κ3) is 5.96. The average molecular weight is 482 g/mol. The lowest BCUT2D eigenvalue weighted by Gasteiger charge is -2.41. The van der Waals surface area contributed by atoms with E-state index in [2.05, 4.69) is 10.2 Å². The number of benzene rings is 2. The fourth-order valence-electron chi connectivity index (χ4n) is 5.13. The summed E-state index contributed by atoms with van der Waals surface area (Å²) < 4.78 is 29.2. The van der Waals surface area contributed by atoms with Crippen LogP contribution in [0.15, 0.2) is 48.3 Å². The Kier molecular flexibility index (Phi) is 7.96. The highest BCUT2D eigenvalue weighted by atomic mass is 19.1. The molecule has 2 fully saturated rings. The molecule has 5 nitrogen and oxygen atoms in total. The highest BCUT2D eigenvalue weighted by Crippen LogP contribution is 2.29. The fourth-order valence-corrected chi connectivity index (χ4v) is 5.13. The largest absolute Gasteiger partial charge is 0.337 e. The Morgan fingerprint density at radius 3 is 2.49 bits per heavy atom. The number of carbonyl (C=O) groups is 2. The number of rotatable bonds is 6. The second-order valence-electron chi connectivity index (χ2n) is 9.65. The Labute approximate surface area is 205 Å². The van der Waals surface area contributed by atoms with Crippen molar-refractivity contribution < 1.29 is 18.4 Å². The van der Waals surface area contributed by atoms with Crippen molar-refractivity contribution in [2.24, 2.45) is 5.92 Å². The van der Waals surface area contributed by atoms with Crippen LogP contribution in [0.1, 0.15) is 49.3 Å². The molecule has 0 unspecified atom stereocenters. The first-order valence-corrected chi connectivity index (χ1v) is 12.4. The number of hydrogen-bond donors (Lipinski definition) is 1. The summed E-state index contributed by atoms with van der Waals surface area (Å²) in [6, 6.07) is 11.6. The van der Waals surface area contributed by atoms with Crippen LogP contribution in [0.5, 0.6) is 0 Å². The average Bonchev–Trinajstić information content (AvgIpc) is 3.39. The molecule has 186 valence electrons. The van der Waals surface area contributed by atoms with Gasteiger partial charge in [-0.15, -0.1) is 0 Å². The van der Waals surface area contributed by atoms with Crippen molar-refractivity contribution in [1.82, 2.24) is 9.80 Å². The Morgan fingerprint density at radius 1 is 1.09 bits per heavy atom. The minimum Gasteiger partial charge on any atom is -0.337 e. The lowest BCUT2D eigenvalue weighted by molar-refractivity contribution is -0.140. The van der Waals surface area contributed by atoms with E-state index in [9.17, 15) is 18.4 Å². The molecule has 1 atom stereocenters. The molecule has 1 saturated carbocycles. The fraction of sp³-hybridized carbons (Fsp3) is 0.429. The highest BCUT2D eigenvalue weighted by molar-refractivity contribution is 6.05. The smallest absolute Gasteiger partial charge is 0.284 e. The summed E-state index contributed by atoms with van der Waals surface area (Å²) >= 11 is 0. The van der Waals surface area contributed by atoms with Crippen LogP contribution in [-0.4, -0.2) is 47.3 Å². The zero-order valence-electron chi connectivity index (χ0n) is 20.4. The van der Waals surface area contributed by atoms with Crippen LogP contribution in [0.2, 0.25) is 0 Å². The summed E-state index contributed by atoms with van der Waals surface area (Å²) in [6.45, 7) is 6.08. The molecule has 2 aromatic carbocycles. The van der Waals surface area contributed by atoms with Gasteiger partial charge in [0, 0.05) is 49.4 Å². The lowest BCUT2D eigenvalue weighted by atomic mass is 10.0. The third-order valence-corrected chi connectivity index (χ3v) is 7.18. The van der Waals surface area contributed by atoms with E-state index in [1.165, 1.54) is 18.2 Å². The van der Waals surface area contributed by atoms with Gasteiger partial charge >= 0.3 is 0 Å². The maximum atomic E-state index is 14.8. The predicted molar refractivity (Wildman–Crippen MR) is 134 cm³/mol. The van der Waals surface area contributed by atoms with Crippen molar-refractivity contribution in [3.05, 3.63) is 70.8 Å². The third-order valence-electron chi connectivity index (χ3n) is 7.18. The maximum absolute atomic E-state index is 14.8. The molecule has 2 aromatic rings. The number of hydrogen-bond acceptors (Lipinski definition) is 3. The zero-order chi connectivity index (χ0) is 24.9. The SMILES string of the molecule is Cc1c(NC(=O)/C(F)=C/c2ccccc2)ccc(F)c1CN1CCN(C(=O)C2CCCC2)[C@@H](C)C1. The molecule has 0 spiro atoms. The van der Waals surface area contributed by atoms with Crippen LogP contribution in [-0.2, 0) is 16.1 Å². The van der Waals surface area contributed by atoms with E-state index in [1.807, 2.05) is 17.9 Å². The van der Waals surface area contributed by atoms with Crippen LogP contribution in [0.4, 0.5) is 14.5 Å². The molecule has 1 aliphatic heterocycles. The van der Waals surface area contributed by atoms with Gasteiger partial charge in [0.1, 0.15) is 5.82 Å². The van der Waals surface area contributed by atoms with Crippen LogP contribution in [0, 0.1) is 18.7 Å². The Balaban J connectivity index is 1.41. The molecule has 0 radical (unpaired) electrons. The number of amides is 2. The van der Waals surface area contributed by atoms with Gasteiger partial charge in [-0.05, 0) is 56.0 Å². The quantitative estimate of drug-likeness (QED) is 0.570. The molecule has 1 heterocycles. The monoisotopic (exact) mass is 481 g/mol. The van der Waals surface area contributed by atoms with E-state index >= 15 is 0 Å². The second-order valence-corrected chi connectivity index (χ2v) is 9.65. The predicted octanol–water partition coefficient (Wildman–Crippen LogP) is 5.31. The summed E-state index contributed by atoms with van der Waals surface area (Å²) in [5.41, 5.74) is 2.00. The van der Waals surface area contributed by atoms with Crippen molar-refractivity contribution in [3.8, 4) is 0 Å². The minimum absolute atomic E-state index is 0.0559. The summed E-state index contributed by atoms with van der Waals surface area (Å²) in [5, 5.41) is 2.58. The first-order chi connectivity index (χ1) is 16.8. The summed E-state index contributed by atoms with van der Waals surface area (Å²) in [7, 11) is 0. The first-order valence-electron chi connectivity index (χ1n) is 12.4. The van der Waals surface area contributed by atoms with E-state index in [0.29, 0.717) is 48.6 Å². The van der Waals surface area contributed by atoms with Crippen molar-refractivity contribution in [2.75, 3.05) is 25.0 Å². The Morgan fingerprint density at radius 2 is 1.80 bits per heavy atom. The topological polar surface area (TPSA) is 52.7 Å². The summed E-state index contributed by atoms with van der Waals surface area (Å²) in [6.07, 6.45) is 5.39. The van der Waals surface area contributed by atoms with Crippen molar-refractivity contribution in [1.29, 1.82) is 0 Å². The van der Waals surface area contributed by atoms with Gasteiger partial charge in [0.05, 0.1) is 0 Å². The molecule has 2 amide bonds. The van der Waals surface area contributed by atoms with Crippen LogP contribution >= 0.6 is 0 Å². The van der Waals surface area contributed by atoms with Crippen molar-refractivity contribution >= 4 is 23.6 Å². The maximum Gasteiger partial charge on any atom is 0.284 e. The van der Waals surface area contributed by atoms with Crippen molar-refractivity contribution in [2.45, 2.75) is 52.1 Å². The zero-order valence-corrected chi connectivity index (χ0v) is 20.4. The van der Waals surface area contributed by atoms with Crippen LogP contribution in [0.3, 0.4) is 0 Å². The van der Waals surface area contributed by atoms with Gasteiger partial charge in [-0.25, -0.2) is 8.78 Å². The standard InChI is InChI=1S/C28H33F2N3O2/c1-19-17-32(14-15-33(19)28(35)22-10-6-7-11-22)18-23-20(2)26(13-12-24(23)29)31-27(34)25(30)16-21-8-4-3-5-9-21/h3-5,8-9,12-13,16,19,22H,6-7,10-11,14-15,17-18H2,1-2H3,(H,31,34)/b25-16-/t19-/m0/s1. The van der Waals surface area contributed by atoms with E-state index in [4.69, 9.17) is 0 Å². The summed E-state index contributed by atoms with van der Waals surface area (Å²) in [5.74, 6) is -1.74. The molecule has 7 heteroatoms. The summed E-state index contributed by atoms with van der Waals surface area (Å²) in [4.78, 5) is 29.4. The minimum atomic E-state index is -0.918. The number of nitrogens with zero attached hydrogens (tertiary/aromatic N) is 2. The molecule has 2 aliphatic rings. The number of anilines is 1. The molecular weight excluding hydrogens is 448 g/mol. The molecule has 1 saturated heterocycles. The molecule has 1 aliphatic carbocycles. The van der Waals surface area contributed by atoms with Gasteiger partial charge in [-0.1, -0.05) is 43.2 Å². The van der Waals surface area contributed by atoms with E-state index < -0.39 is 11.7 Å². The van der Waals surface area contributed by atoms with E-state index in [-0.39, 0.29) is 23.7 Å². The number of nitrogens with one attached hydrogen (secondary N) is 1. The van der Waals surface area contributed by atoms with E-state index in [0.717, 1.165) is 25.7 Å². The number of piperazine rings is 1. The van der Waals surface area contributed by atoms with Gasteiger partial charge < -0.3 is 10.2 Å². The van der Waals surface area contributed by atoms with Gasteiger partial charge in [0.2, 0.25) is 5.91 Å². The van der Waals surface area contributed by atoms with Gasteiger partial charge in [-0.3, -0.25) is 14.5 Å². The van der Waals surface area contributed by atoms with Crippen molar-refractivity contribution in [3.63, 3.8) is 0 Å².